The lowest BCUT2D eigenvalue weighted by Gasteiger charge is -2.09. The third kappa shape index (κ3) is 14.1. The molecule has 13 heteroatoms. The Balaban J connectivity index is 0.000000331. The third-order valence-electron chi connectivity index (χ3n) is 4.06. The standard InChI is InChI=1S/C10H13Cl3NO2P.C10H14Cl2NO2P/c1-17(15,16)4-2-3-14-7-5-8(11)10(13)9(12)6-7;1-16(14,15)6-2-5-13-8-3-4-9(11)10(12)7-8/h5-6,14H,2-4H2,1H3,(H,15,16);3-4,7,13H,2,5-6H2,1H3,(H,14,15). The van der Waals surface area contributed by atoms with Crippen molar-refractivity contribution in [2.75, 3.05) is 49.4 Å². The van der Waals surface area contributed by atoms with E-state index in [1.54, 1.807) is 24.3 Å². The first-order chi connectivity index (χ1) is 15.2. The molecule has 0 aliphatic rings. The summed E-state index contributed by atoms with van der Waals surface area (Å²) in [6, 6.07) is 8.59. The fraction of sp³-hybridized carbons (Fsp3) is 0.400. The maximum atomic E-state index is 11.0. The summed E-state index contributed by atoms with van der Waals surface area (Å²) in [5, 5.41) is 8.27. The molecule has 0 amide bonds. The van der Waals surface area contributed by atoms with Gasteiger partial charge in [0.25, 0.3) is 0 Å². The van der Waals surface area contributed by atoms with Gasteiger partial charge in [-0.05, 0) is 43.2 Å². The maximum Gasteiger partial charge on any atom is 0.197 e. The van der Waals surface area contributed by atoms with E-state index in [1.165, 1.54) is 13.3 Å². The predicted molar refractivity (Wildman–Crippen MR) is 145 cm³/mol. The highest BCUT2D eigenvalue weighted by Crippen LogP contribution is 2.36. The van der Waals surface area contributed by atoms with Crippen molar-refractivity contribution in [2.24, 2.45) is 0 Å². The number of hydrogen-bond donors (Lipinski definition) is 4. The van der Waals surface area contributed by atoms with Crippen molar-refractivity contribution in [3.8, 4) is 0 Å². The molecule has 186 valence electrons. The number of anilines is 2. The molecule has 4 N–H and O–H groups in total. The molecule has 0 aliphatic heterocycles. The van der Waals surface area contributed by atoms with E-state index >= 15 is 0 Å². The van der Waals surface area contributed by atoms with E-state index in [4.69, 9.17) is 67.8 Å². The van der Waals surface area contributed by atoms with E-state index in [9.17, 15) is 9.13 Å². The largest absolute Gasteiger partial charge is 0.385 e. The van der Waals surface area contributed by atoms with Crippen LogP contribution in [-0.4, -0.2) is 48.5 Å². The minimum Gasteiger partial charge on any atom is -0.385 e. The molecule has 2 aromatic rings. The van der Waals surface area contributed by atoms with Crippen molar-refractivity contribution in [2.45, 2.75) is 12.8 Å². The number of rotatable bonds is 10. The predicted octanol–water partition coefficient (Wildman–Crippen LogP) is 8.04. The molecule has 0 bridgehead atoms. The zero-order chi connectivity index (χ0) is 25.2. The van der Waals surface area contributed by atoms with Gasteiger partial charge in [0.05, 0.1) is 25.1 Å². The molecule has 0 spiro atoms. The summed E-state index contributed by atoms with van der Waals surface area (Å²) in [5.41, 5.74) is 1.60. The number of halogens is 5. The van der Waals surface area contributed by atoms with Crippen LogP contribution < -0.4 is 10.6 Å². The van der Waals surface area contributed by atoms with Gasteiger partial charge in [0.2, 0.25) is 0 Å². The van der Waals surface area contributed by atoms with Crippen LogP contribution in [0, 0.1) is 0 Å². The summed E-state index contributed by atoms with van der Waals surface area (Å²) in [4.78, 5) is 18.2. The van der Waals surface area contributed by atoms with Crippen LogP contribution in [0.25, 0.3) is 0 Å². The van der Waals surface area contributed by atoms with E-state index < -0.39 is 14.7 Å². The number of nitrogens with one attached hydrogen (secondary N) is 2. The van der Waals surface area contributed by atoms with Crippen LogP contribution in [-0.2, 0) is 9.13 Å². The Bertz CT molecular complexity index is 991. The second kappa shape index (κ2) is 14.4. The SMILES string of the molecule is CP(=O)(O)CCCNc1cc(Cl)c(Cl)c(Cl)c1.CP(=O)(O)CCCNc1ccc(Cl)c(Cl)c1. The van der Waals surface area contributed by atoms with Crippen molar-refractivity contribution < 1.29 is 18.9 Å². The van der Waals surface area contributed by atoms with Gasteiger partial charge in [-0.25, -0.2) is 0 Å². The lowest BCUT2D eigenvalue weighted by atomic mass is 10.3. The molecule has 0 radical (unpaired) electrons. The van der Waals surface area contributed by atoms with Crippen molar-refractivity contribution >= 4 is 84.1 Å². The highest BCUT2D eigenvalue weighted by atomic mass is 35.5. The lowest BCUT2D eigenvalue weighted by Crippen LogP contribution is -2.04. The van der Waals surface area contributed by atoms with Crippen LogP contribution in [0.3, 0.4) is 0 Å². The molecule has 6 nitrogen and oxygen atoms in total. The van der Waals surface area contributed by atoms with Gasteiger partial charge in [0, 0.05) is 50.1 Å². The summed E-state index contributed by atoms with van der Waals surface area (Å²) in [6.45, 7) is 3.93. The summed E-state index contributed by atoms with van der Waals surface area (Å²) in [7, 11) is -5.82. The van der Waals surface area contributed by atoms with Gasteiger partial charge in [0.1, 0.15) is 0 Å². The lowest BCUT2D eigenvalue weighted by molar-refractivity contribution is 0.482. The molecule has 2 aromatic carbocycles. The molecule has 0 aromatic heterocycles. The zero-order valence-electron chi connectivity index (χ0n) is 18.1. The van der Waals surface area contributed by atoms with Crippen molar-refractivity contribution in [3.05, 3.63) is 55.4 Å². The average Bonchev–Trinajstić information content (AvgIpc) is 2.68. The first-order valence-corrected chi connectivity index (χ1v) is 16.3. The van der Waals surface area contributed by atoms with Gasteiger partial charge in [-0.1, -0.05) is 58.0 Å². The van der Waals surface area contributed by atoms with Crippen molar-refractivity contribution in [3.63, 3.8) is 0 Å². The van der Waals surface area contributed by atoms with Gasteiger partial charge in [0.15, 0.2) is 14.7 Å². The van der Waals surface area contributed by atoms with Gasteiger partial charge < -0.3 is 20.4 Å². The first-order valence-electron chi connectivity index (χ1n) is 9.84. The monoisotopic (exact) mass is 596 g/mol. The van der Waals surface area contributed by atoms with Crippen molar-refractivity contribution in [1.29, 1.82) is 0 Å². The molecule has 33 heavy (non-hydrogen) atoms. The molecular weight excluding hydrogens is 571 g/mol. The molecular formula is C20H27Cl5N2O4P2. The topological polar surface area (TPSA) is 98.7 Å². The van der Waals surface area contributed by atoms with Crippen LogP contribution in [0.2, 0.25) is 25.1 Å². The van der Waals surface area contributed by atoms with Gasteiger partial charge in [-0.2, -0.15) is 0 Å². The third-order valence-corrected chi connectivity index (χ3v) is 8.29. The summed E-state index contributed by atoms with van der Waals surface area (Å²) in [5.74, 6) is 0. The number of benzene rings is 2. The van der Waals surface area contributed by atoms with Crippen LogP contribution in [0.1, 0.15) is 12.8 Å². The second-order valence-electron chi connectivity index (χ2n) is 7.49. The highest BCUT2D eigenvalue weighted by molar-refractivity contribution is 7.57. The summed E-state index contributed by atoms with van der Waals surface area (Å²) >= 11 is 29.2. The molecule has 0 saturated carbocycles. The number of hydrogen-bond acceptors (Lipinski definition) is 4. The van der Waals surface area contributed by atoms with E-state index in [1.807, 2.05) is 6.07 Å². The summed E-state index contributed by atoms with van der Waals surface area (Å²) < 4.78 is 22.1. The zero-order valence-corrected chi connectivity index (χ0v) is 23.7. The van der Waals surface area contributed by atoms with Gasteiger partial charge in [-0.3, -0.25) is 9.13 Å². The van der Waals surface area contributed by atoms with Crippen LogP contribution in [0.15, 0.2) is 30.3 Å². The Kier molecular flexibility index (Phi) is 13.5. The fourth-order valence-electron chi connectivity index (χ4n) is 2.47. The quantitative estimate of drug-likeness (QED) is 0.126. The molecule has 2 unspecified atom stereocenters. The van der Waals surface area contributed by atoms with Crippen LogP contribution >= 0.6 is 72.7 Å². The Hall–Kier alpha value is -0.130. The first kappa shape index (κ1) is 30.9. The van der Waals surface area contributed by atoms with E-state index in [0.29, 0.717) is 57.2 Å². The minimum atomic E-state index is -2.93. The second-order valence-corrected chi connectivity index (χ2v) is 14.6. The highest BCUT2D eigenvalue weighted by Gasteiger charge is 2.10. The van der Waals surface area contributed by atoms with E-state index in [2.05, 4.69) is 10.6 Å². The Morgan fingerprint density at radius 3 is 1.55 bits per heavy atom. The van der Waals surface area contributed by atoms with E-state index in [0.717, 1.165) is 11.4 Å². The molecule has 0 aliphatic carbocycles. The van der Waals surface area contributed by atoms with E-state index in [-0.39, 0.29) is 6.16 Å². The van der Waals surface area contributed by atoms with Crippen molar-refractivity contribution in [1.82, 2.24) is 0 Å². The van der Waals surface area contributed by atoms with Gasteiger partial charge in [-0.15, -0.1) is 0 Å². The molecule has 0 saturated heterocycles. The Morgan fingerprint density at radius 2 is 1.12 bits per heavy atom. The fourth-order valence-corrected chi connectivity index (χ4v) is 4.86. The molecule has 0 fully saturated rings. The normalized spacial score (nSPS) is 14.5. The Labute approximate surface area is 219 Å². The smallest absolute Gasteiger partial charge is 0.197 e. The van der Waals surface area contributed by atoms with Gasteiger partial charge >= 0.3 is 0 Å². The average molecular weight is 599 g/mol. The molecule has 0 heterocycles. The van der Waals surface area contributed by atoms with Crippen LogP contribution in [0.4, 0.5) is 11.4 Å². The van der Waals surface area contributed by atoms with Crippen LogP contribution in [0.5, 0.6) is 0 Å². The Morgan fingerprint density at radius 1 is 0.697 bits per heavy atom. The molecule has 2 atom stereocenters. The maximum absolute atomic E-state index is 11.0. The molecule has 2 rings (SSSR count). The minimum absolute atomic E-state index is 0.287. The summed E-state index contributed by atoms with van der Waals surface area (Å²) in [6.07, 6.45) is 1.85.